The van der Waals surface area contributed by atoms with Crippen LogP contribution in [0.2, 0.25) is 0 Å². The molecule has 0 aromatic heterocycles. The van der Waals surface area contributed by atoms with Crippen LogP contribution in [0, 0.1) is 19.8 Å². The minimum atomic E-state index is -0.214. The Balaban J connectivity index is 1.87. The van der Waals surface area contributed by atoms with Gasteiger partial charge in [0.1, 0.15) is 5.75 Å². The lowest BCUT2D eigenvalue weighted by Crippen LogP contribution is -2.44. The van der Waals surface area contributed by atoms with Crippen LogP contribution < -0.4 is 4.74 Å². The van der Waals surface area contributed by atoms with Gasteiger partial charge in [-0.15, -0.1) is 0 Å². The van der Waals surface area contributed by atoms with Crippen LogP contribution in [-0.4, -0.2) is 43.1 Å². The molecule has 0 bridgehead atoms. The fourth-order valence-electron chi connectivity index (χ4n) is 2.70. The summed E-state index contributed by atoms with van der Waals surface area (Å²) in [5.41, 5.74) is 2.33. The average Bonchev–Trinajstić information content (AvgIpc) is 2.56. The van der Waals surface area contributed by atoms with Crippen molar-refractivity contribution >= 4 is 11.9 Å². The Morgan fingerprint density at radius 2 is 2.04 bits per heavy atom. The first-order valence-electron chi connectivity index (χ1n) is 8.15. The molecule has 1 aliphatic rings. The van der Waals surface area contributed by atoms with E-state index < -0.39 is 0 Å². The quantitative estimate of drug-likeness (QED) is 0.783. The summed E-state index contributed by atoms with van der Waals surface area (Å²) in [4.78, 5) is 25.8. The molecule has 1 atom stereocenters. The highest BCUT2D eigenvalue weighted by Crippen LogP contribution is 2.19. The molecule has 1 aromatic rings. The number of esters is 1. The van der Waals surface area contributed by atoms with Crippen LogP contribution in [0.25, 0.3) is 0 Å². The maximum atomic E-state index is 12.3. The molecule has 0 N–H and O–H groups in total. The second-order valence-electron chi connectivity index (χ2n) is 5.97. The summed E-state index contributed by atoms with van der Waals surface area (Å²) in [6.07, 6.45) is 1.60. The number of rotatable bonds is 5. The number of nitrogens with zero attached hydrogens (tertiary/aromatic N) is 1. The maximum absolute atomic E-state index is 12.3. The van der Waals surface area contributed by atoms with E-state index in [9.17, 15) is 9.59 Å². The van der Waals surface area contributed by atoms with Gasteiger partial charge in [0.15, 0.2) is 6.61 Å². The number of aryl methyl sites for hydroxylation is 2. The number of carbonyl (C=O) groups excluding carboxylic acids is 2. The summed E-state index contributed by atoms with van der Waals surface area (Å²) in [7, 11) is 0. The Hall–Kier alpha value is -2.04. The standard InChI is InChI=1S/C18H25NO4/c1-4-22-18(21)15-6-5-9-19(11-15)17(20)12-23-16-8-7-13(2)14(3)10-16/h7-8,10,15H,4-6,9,11-12H2,1-3H3/t15-/m1/s1. The van der Waals surface area contributed by atoms with Crippen molar-refractivity contribution in [1.82, 2.24) is 4.90 Å². The van der Waals surface area contributed by atoms with E-state index in [1.54, 1.807) is 11.8 Å². The summed E-state index contributed by atoms with van der Waals surface area (Å²) in [5.74, 6) is 0.187. The molecule has 1 heterocycles. The van der Waals surface area contributed by atoms with Gasteiger partial charge < -0.3 is 14.4 Å². The number of ether oxygens (including phenoxy) is 2. The lowest BCUT2D eigenvalue weighted by atomic mass is 9.98. The third-order valence-corrected chi connectivity index (χ3v) is 4.23. The zero-order valence-corrected chi connectivity index (χ0v) is 14.1. The number of likely N-dealkylation sites (tertiary alicyclic amines) is 1. The highest BCUT2D eigenvalue weighted by molar-refractivity contribution is 5.79. The van der Waals surface area contributed by atoms with Gasteiger partial charge in [-0.25, -0.2) is 0 Å². The summed E-state index contributed by atoms with van der Waals surface area (Å²) >= 11 is 0. The van der Waals surface area contributed by atoms with Gasteiger partial charge in [0, 0.05) is 13.1 Å². The first-order chi connectivity index (χ1) is 11.0. The molecule has 1 saturated heterocycles. The summed E-state index contributed by atoms with van der Waals surface area (Å²) in [5, 5.41) is 0. The summed E-state index contributed by atoms with van der Waals surface area (Å²) < 4.78 is 10.6. The van der Waals surface area contributed by atoms with Gasteiger partial charge in [0.2, 0.25) is 0 Å². The van der Waals surface area contributed by atoms with Crippen molar-refractivity contribution in [1.29, 1.82) is 0 Å². The number of hydrogen-bond acceptors (Lipinski definition) is 4. The van der Waals surface area contributed by atoms with E-state index >= 15 is 0 Å². The Morgan fingerprint density at radius 3 is 2.74 bits per heavy atom. The molecule has 0 unspecified atom stereocenters. The molecular formula is C18H25NO4. The number of carbonyl (C=O) groups is 2. The Labute approximate surface area is 137 Å². The van der Waals surface area contributed by atoms with E-state index in [4.69, 9.17) is 9.47 Å². The molecule has 1 aromatic carbocycles. The van der Waals surface area contributed by atoms with Gasteiger partial charge in [-0.05, 0) is 56.9 Å². The third-order valence-electron chi connectivity index (χ3n) is 4.23. The monoisotopic (exact) mass is 319 g/mol. The van der Waals surface area contributed by atoms with Gasteiger partial charge in [-0.2, -0.15) is 0 Å². The fraction of sp³-hybridized carbons (Fsp3) is 0.556. The predicted octanol–water partition coefficient (Wildman–Crippen LogP) is 2.48. The van der Waals surface area contributed by atoms with E-state index in [-0.39, 0.29) is 24.4 Å². The van der Waals surface area contributed by atoms with E-state index in [0.717, 1.165) is 18.4 Å². The Kier molecular flexibility index (Phi) is 6.02. The summed E-state index contributed by atoms with van der Waals surface area (Å²) in [6.45, 7) is 7.31. The van der Waals surface area contributed by atoms with Gasteiger partial charge >= 0.3 is 5.97 Å². The number of benzene rings is 1. The molecule has 0 aliphatic carbocycles. The number of amides is 1. The minimum Gasteiger partial charge on any atom is -0.484 e. The Bertz CT molecular complexity index is 570. The lowest BCUT2D eigenvalue weighted by molar-refractivity contribution is -0.151. The molecule has 0 saturated carbocycles. The second kappa shape index (κ2) is 7.99. The second-order valence-corrected chi connectivity index (χ2v) is 5.97. The van der Waals surface area contributed by atoms with Crippen molar-refractivity contribution in [2.45, 2.75) is 33.6 Å². The van der Waals surface area contributed by atoms with E-state index in [0.29, 0.717) is 25.4 Å². The molecule has 126 valence electrons. The van der Waals surface area contributed by atoms with Crippen LogP contribution in [0.15, 0.2) is 18.2 Å². The molecule has 0 spiro atoms. The zero-order valence-electron chi connectivity index (χ0n) is 14.1. The van der Waals surface area contributed by atoms with Gasteiger partial charge in [-0.1, -0.05) is 6.07 Å². The molecule has 1 fully saturated rings. The molecular weight excluding hydrogens is 294 g/mol. The van der Waals surface area contributed by atoms with Crippen molar-refractivity contribution < 1.29 is 19.1 Å². The number of piperidine rings is 1. The first-order valence-corrected chi connectivity index (χ1v) is 8.15. The zero-order chi connectivity index (χ0) is 16.8. The molecule has 1 amide bonds. The smallest absolute Gasteiger partial charge is 0.310 e. The Morgan fingerprint density at radius 1 is 1.26 bits per heavy atom. The topological polar surface area (TPSA) is 55.8 Å². The van der Waals surface area contributed by atoms with Crippen LogP contribution >= 0.6 is 0 Å². The van der Waals surface area contributed by atoms with Crippen LogP contribution in [0.4, 0.5) is 0 Å². The van der Waals surface area contributed by atoms with Gasteiger partial charge in [-0.3, -0.25) is 9.59 Å². The molecule has 5 heteroatoms. The van der Waals surface area contributed by atoms with Crippen molar-refractivity contribution in [3.63, 3.8) is 0 Å². The van der Waals surface area contributed by atoms with Crippen molar-refractivity contribution in [3.8, 4) is 5.75 Å². The van der Waals surface area contributed by atoms with Gasteiger partial charge in [0.25, 0.3) is 5.91 Å². The van der Waals surface area contributed by atoms with E-state index in [1.807, 2.05) is 32.0 Å². The molecule has 2 rings (SSSR count). The highest BCUT2D eigenvalue weighted by Gasteiger charge is 2.29. The van der Waals surface area contributed by atoms with Crippen LogP contribution in [0.5, 0.6) is 5.75 Å². The maximum Gasteiger partial charge on any atom is 0.310 e. The molecule has 1 aliphatic heterocycles. The van der Waals surface area contributed by atoms with Crippen LogP contribution in [-0.2, 0) is 14.3 Å². The first kappa shape index (κ1) is 17.3. The molecule has 5 nitrogen and oxygen atoms in total. The third kappa shape index (κ3) is 4.71. The highest BCUT2D eigenvalue weighted by atomic mass is 16.5. The number of hydrogen-bond donors (Lipinski definition) is 0. The van der Waals surface area contributed by atoms with Crippen molar-refractivity contribution in [2.75, 3.05) is 26.3 Å². The largest absolute Gasteiger partial charge is 0.484 e. The van der Waals surface area contributed by atoms with Crippen molar-refractivity contribution in [2.24, 2.45) is 5.92 Å². The minimum absolute atomic E-state index is 0.00194. The van der Waals surface area contributed by atoms with E-state index in [1.165, 1.54) is 5.56 Å². The van der Waals surface area contributed by atoms with Crippen LogP contribution in [0.1, 0.15) is 30.9 Å². The average molecular weight is 319 g/mol. The lowest BCUT2D eigenvalue weighted by Gasteiger charge is -2.31. The fourth-order valence-corrected chi connectivity index (χ4v) is 2.70. The normalized spacial score (nSPS) is 17.7. The summed E-state index contributed by atoms with van der Waals surface area (Å²) in [6, 6.07) is 5.78. The predicted molar refractivity (Wildman–Crippen MR) is 87.3 cm³/mol. The molecule has 23 heavy (non-hydrogen) atoms. The van der Waals surface area contributed by atoms with E-state index in [2.05, 4.69) is 0 Å². The molecule has 0 radical (unpaired) electrons. The van der Waals surface area contributed by atoms with Crippen molar-refractivity contribution in [3.05, 3.63) is 29.3 Å². The van der Waals surface area contributed by atoms with Crippen LogP contribution in [0.3, 0.4) is 0 Å². The SMILES string of the molecule is CCOC(=O)[C@@H]1CCCN(C(=O)COc2ccc(C)c(C)c2)C1. The van der Waals surface area contributed by atoms with Gasteiger partial charge in [0.05, 0.1) is 12.5 Å².